The maximum atomic E-state index is 13.3. The third-order valence-corrected chi connectivity index (χ3v) is 8.83. The van der Waals surface area contributed by atoms with Gasteiger partial charge in [-0.05, 0) is 71.3 Å². The van der Waals surface area contributed by atoms with E-state index < -0.39 is 5.54 Å². The summed E-state index contributed by atoms with van der Waals surface area (Å²) in [4.78, 5) is 13.3. The number of alkyl carbamates (subject to hydrolysis) is 1. The van der Waals surface area contributed by atoms with Crippen LogP contribution in [-0.2, 0) is 10.3 Å². The van der Waals surface area contributed by atoms with E-state index in [0.29, 0.717) is 24.4 Å². The molecule has 38 heavy (non-hydrogen) atoms. The van der Waals surface area contributed by atoms with Crippen molar-refractivity contribution in [3.63, 3.8) is 0 Å². The molecule has 2 aliphatic carbocycles. The fraction of sp³-hybridized carbons (Fsp3) is 0.400. The molecule has 4 atom stereocenters. The molecule has 0 unspecified atom stereocenters. The Hall–Kier alpha value is -3.33. The molecule has 3 aromatic rings. The van der Waals surface area contributed by atoms with Crippen LogP contribution in [0.3, 0.4) is 0 Å². The highest BCUT2D eigenvalue weighted by molar-refractivity contribution is 5.79. The fourth-order valence-electron chi connectivity index (χ4n) is 6.65. The third-order valence-electron chi connectivity index (χ3n) is 8.83. The fourth-order valence-corrected chi connectivity index (χ4v) is 6.65. The molecule has 198 valence electrons. The highest BCUT2D eigenvalue weighted by Crippen LogP contribution is 2.44. The van der Waals surface area contributed by atoms with E-state index in [-0.39, 0.29) is 12.0 Å². The predicted molar refractivity (Wildman–Crippen MR) is 156 cm³/mol. The van der Waals surface area contributed by atoms with Crippen LogP contribution in [0.2, 0.25) is 0 Å². The Balaban J connectivity index is 1.34. The highest BCUT2D eigenvalue weighted by Gasteiger charge is 2.33. The molecule has 0 aliphatic heterocycles. The summed E-state index contributed by atoms with van der Waals surface area (Å²) in [7, 11) is 0. The van der Waals surface area contributed by atoms with Crippen LogP contribution in [0, 0.1) is 23.7 Å². The second-order valence-corrected chi connectivity index (χ2v) is 11.9. The summed E-state index contributed by atoms with van der Waals surface area (Å²) in [5.41, 5.74) is 5.30. The molecule has 0 bridgehead atoms. The van der Waals surface area contributed by atoms with Gasteiger partial charge in [-0.3, -0.25) is 0 Å². The quantitative estimate of drug-likeness (QED) is 0.325. The third kappa shape index (κ3) is 5.43. The summed E-state index contributed by atoms with van der Waals surface area (Å²) in [6, 6.07) is 27.1. The SMILES string of the molecule is CC(C)[C@@H]1CC[C@@H](C)C[C@H]1C=C[C@](C)(NC(=O)OCC1c2ccccc2-c2ccccc21)c1ccccc1. The van der Waals surface area contributed by atoms with E-state index in [0.717, 1.165) is 11.5 Å². The van der Waals surface area contributed by atoms with Gasteiger partial charge < -0.3 is 10.1 Å². The van der Waals surface area contributed by atoms with Gasteiger partial charge in [-0.2, -0.15) is 0 Å². The number of fused-ring (bicyclic) bond motifs is 3. The van der Waals surface area contributed by atoms with Crippen LogP contribution in [0.4, 0.5) is 4.79 Å². The van der Waals surface area contributed by atoms with Crippen LogP contribution in [0.15, 0.2) is 91.0 Å². The lowest BCUT2D eigenvalue weighted by Crippen LogP contribution is -2.43. The van der Waals surface area contributed by atoms with Gasteiger partial charge in [0.2, 0.25) is 0 Å². The van der Waals surface area contributed by atoms with Gasteiger partial charge in [-0.25, -0.2) is 4.79 Å². The summed E-state index contributed by atoms with van der Waals surface area (Å²) < 4.78 is 5.94. The zero-order valence-corrected chi connectivity index (χ0v) is 23.2. The maximum absolute atomic E-state index is 13.3. The van der Waals surface area contributed by atoms with Gasteiger partial charge in [-0.1, -0.05) is 118 Å². The molecule has 5 rings (SSSR count). The summed E-state index contributed by atoms with van der Waals surface area (Å²) in [6.45, 7) is 9.43. The maximum Gasteiger partial charge on any atom is 0.408 e. The molecule has 3 aromatic carbocycles. The van der Waals surface area contributed by atoms with Crippen LogP contribution < -0.4 is 5.32 Å². The number of carbonyl (C=O) groups excluding carboxylic acids is 1. The number of ether oxygens (including phenoxy) is 1. The Labute approximate surface area is 228 Å². The van der Waals surface area contributed by atoms with E-state index in [4.69, 9.17) is 4.74 Å². The van der Waals surface area contributed by atoms with Gasteiger partial charge in [0.25, 0.3) is 0 Å². The molecule has 2 aliphatic rings. The summed E-state index contributed by atoms with van der Waals surface area (Å²) in [5.74, 6) is 2.62. The Morgan fingerprint density at radius 3 is 2.18 bits per heavy atom. The topological polar surface area (TPSA) is 38.3 Å². The number of amides is 1. The first-order valence-corrected chi connectivity index (χ1v) is 14.2. The summed E-state index contributed by atoms with van der Waals surface area (Å²) in [6.07, 6.45) is 7.98. The van der Waals surface area contributed by atoms with Crippen LogP contribution >= 0.6 is 0 Å². The zero-order chi connectivity index (χ0) is 26.7. The minimum absolute atomic E-state index is 0.0437. The number of benzene rings is 3. The number of rotatable bonds is 7. The lowest BCUT2D eigenvalue weighted by molar-refractivity contribution is 0.135. The van der Waals surface area contributed by atoms with Crippen molar-refractivity contribution in [3.05, 3.63) is 108 Å². The average Bonchev–Trinajstić information content (AvgIpc) is 3.25. The normalized spacial score (nSPS) is 22.6. The number of hydrogen-bond donors (Lipinski definition) is 1. The smallest absolute Gasteiger partial charge is 0.408 e. The first kappa shape index (κ1) is 26.3. The Morgan fingerprint density at radius 2 is 1.55 bits per heavy atom. The first-order chi connectivity index (χ1) is 18.4. The molecule has 0 heterocycles. The van der Waals surface area contributed by atoms with E-state index >= 15 is 0 Å². The molecule has 0 radical (unpaired) electrons. The molecule has 0 spiro atoms. The lowest BCUT2D eigenvalue weighted by atomic mass is 9.69. The van der Waals surface area contributed by atoms with E-state index in [9.17, 15) is 4.79 Å². The lowest BCUT2D eigenvalue weighted by Gasteiger charge is -2.37. The van der Waals surface area contributed by atoms with Crippen molar-refractivity contribution in [1.29, 1.82) is 0 Å². The van der Waals surface area contributed by atoms with Gasteiger partial charge in [0.1, 0.15) is 6.61 Å². The molecule has 1 fully saturated rings. The van der Waals surface area contributed by atoms with Crippen molar-refractivity contribution in [3.8, 4) is 11.1 Å². The van der Waals surface area contributed by atoms with Crippen LogP contribution in [0.5, 0.6) is 0 Å². The number of nitrogens with one attached hydrogen (secondary N) is 1. The molecule has 1 amide bonds. The largest absolute Gasteiger partial charge is 0.449 e. The highest BCUT2D eigenvalue weighted by atomic mass is 16.5. The first-order valence-electron chi connectivity index (χ1n) is 14.2. The minimum Gasteiger partial charge on any atom is -0.449 e. The van der Waals surface area contributed by atoms with E-state index in [1.165, 1.54) is 41.5 Å². The van der Waals surface area contributed by atoms with E-state index in [1.54, 1.807) is 0 Å². The number of allylic oxidation sites excluding steroid dienone is 1. The Bertz CT molecular complexity index is 1230. The second kappa shape index (κ2) is 11.2. The Morgan fingerprint density at radius 1 is 0.947 bits per heavy atom. The number of hydrogen-bond acceptors (Lipinski definition) is 2. The van der Waals surface area contributed by atoms with Crippen molar-refractivity contribution in [2.75, 3.05) is 6.61 Å². The molecule has 0 saturated heterocycles. The molecule has 3 nitrogen and oxygen atoms in total. The standard InChI is InChI=1S/C35H41NO2/c1-24(2)28-19-18-25(3)22-26(28)20-21-35(4,27-12-6-5-7-13-27)36-34(37)38-23-33-31-16-10-8-14-29(31)30-15-9-11-17-32(30)33/h5-17,20-21,24-26,28,33H,18-19,22-23H2,1-4H3,(H,36,37)/t25-,26-,28+,35+/m1/s1. The molecular formula is C35H41NO2. The number of carbonyl (C=O) groups is 1. The summed E-state index contributed by atoms with van der Waals surface area (Å²) in [5, 5.41) is 3.23. The van der Waals surface area contributed by atoms with Gasteiger partial charge in [0.05, 0.1) is 5.54 Å². The van der Waals surface area contributed by atoms with Gasteiger partial charge in [0, 0.05) is 5.92 Å². The van der Waals surface area contributed by atoms with Gasteiger partial charge in [-0.15, -0.1) is 0 Å². The summed E-state index contributed by atoms with van der Waals surface area (Å²) >= 11 is 0. The molecule has 1 N–H and O–H groups in total. The predicted octanol–water partition coefficient (Wildman–Crippen LogP) is 8.71. The van der Waals surface area contributed by atoms with Crippen molar-refractivity contribution >= 4 is 6.09 Å². The van der Waals surface area contributed by atoms with Crippen LogP contribution in [0.25, 0.3) is 11.1 Å². The molecule has 0 aromatic heterocycles. The van der Waals surface area contributed by atoms with Crippen molar-refractivity contribution in [1.82, 2.24) is 5.32 Å². The zero-order valence-electron chi connectivity index (χ0n) is 23.2. The van der Waals surface area contributed by atoms with Crippen LogP contribution in [-0.4, -0.2) is 12.7 Å². The van der Waals surface area contributed by atoms with Gasteiger partial charge >= 0.3 is 6.09 Å². The Kier molecular flexibility index (Phi) is 7.74. The second-order valence-electron chi connectivity index (χ2n) is 11.9. The van der Waals surface area contributed by atoms with Crippen LogP contribution in [0.1, 0.15) is 69.6 Å². The van der Waals surface area contributed by atoms with Crippen molar-refractivity contribution in [2.45, 2.75) is 58.4 Å². The van der Waals surface area contributed by atoms with Gasteiger partial charge in [0.15, 0.2) is 0 Å². The molecular weight excluding hydrogens is 466 g/mol. The monoisotopic (exact) mass is 507 g/mol. The average molecular weight is 508 g/mol. The molecule has 1 saturated carbocycles. The van der Waals surface area contributed by atoms with E-state index in [2.05, 4.69) is 106 Å². The minimum atomic E-state index is -0.661. The molecule has 3 heteroatoms. The van der Waals surface area contributed by atoms with Crippen molar-refractivity contribution in [2.24, 2.45) is 23.7 Å². The van der Waals surface area contributed by atoms with E-state index in [1.807, 2.05) is 18.2 Å². The van der Waals surface area contributed by atoms with Crippen molar-refractivity contribution < 1.29 is 9.53 Å².